The summed E-state index contributed by atoms with van der Waals surface area (Å²) in [6, 6.07) is 16.8. The lowest BCUT2D eigenvalue weighted by Gasteiger charge is -2.11. The molecule has 3 aromatic rings. The molecular formula is C19H21N4O3+. The summed E-state index contributed by atoms with van der Waals surface area (Å²) in [5.41, 5.74) is 1.63. The zero-order valence-electron chi connectivity index (χ0n) is 14.7. The first-order valence-corrected chi connectivity index (χ1v) is 8.27. The molecule has 2 N–H and O–H groups in total. The number of methoxy groups -OCH3 is 1. The lowest BCUT2D eigenvalue weighted by molar-refractivity contribution is -0.886. The predicted octanol–water partition coefficient (Wildman–Crippen LogP) is 1.40. The Morgan fingerprint density at radius 3 is 2.58 bits per heavy atom. The maximum atomic E-state index is 12.2. The standard InChI is InChI=1S/C19H20N4O3/c1-23(12-17(24)20-15-8-10-16(25-2)11-9-15)13-18-21-19(22-26-18)14-6-4-3-5-7-14/h3-11H,12-13H2,1-2H3,(H,20,24)/p+1. The number of carbonyl (C=O) groups excluding carboxylic acids is 1. The number of quaternary nitrogens is 1. The van der Waals surface area contributed by atoms with E-state index in [1.807, 2.05) is 37.4 Å². The third-order valence-electron chi connectivity index (χ3n) is 3.79. The van der Waals surface area contributed by atoms with Crippen LogP contribution in [0.1, 0.15) is 5.89 Å². The molecule has 0 aliphatic rings. The lowest BCUT2D eigenvalue weighted by atomic mass is 10.2. The molecule has 0 fully saturated rings. The molecule has 1 unspecified atom stereocenters. The summed E-state index contributed by atoms with van der Waals surface area (Å²) in [4.78, 5) is 17.5. The lowest BCUT2D eigenvalue weighted by Crippen LogP contribution is -3.08. The van der Waals surface area contributed by atoms with Gasteiger partial charge in [0.05, 0.1) is 14.2 Å². The average Bonchev–Trinajstić information content (AvgIpc) is 3.11. The maximum absolute atomic E-state index is 12.2. The van der Waals surface area contributed by atoms with Gasteiger partial charge in [-0.25, -0.2) is 0 Å². The number of carbonyl (C=O) groups is 1. The Labute approximate surface area is 151 Å². The highest BCUT2D eigenvalue weighted by atomic mass is 16.5. The third kappa shape index (κ3) is 4.67. The predicted molar refractivity (Wildman–Crippen MR) is 96.8 cm³/mol. The van der Waals surface area contributed by atoms with Gasteiger partial charge in [-0.1, -0.05) is 35.5 Å². The van der Waals surface area contributed by atoms with Gasteiger partial charge in [0.2, 0.25) is 5.82 Å². The van der Waals surface area contributed by atoms with Crippen molar-refractivity contribution in [3.8, 4) is 17.1 Å². The average molecular weight is 353 g/mol. The smallest absolute Gasteiger partial charge is 0.282 e. The summed E-state index contributed by atoms with van der Waals surface area (Å²) in [6.07, 6.45) is 0. The number of anilines is 1. The molecule has 0 spiro atoms. The van der Waals surface area contributed by atoms with Crippen molar-refractivity contribution in [2.75, 3.05) is 26.0 Å². The number of hydrogen-bond donors (Lipinski definition) is 2. The fraction of sp³-hybridized carbons (Fsp3) is 0.211. The van der Waals surface area contributed by atoms with Crippen LogP contribution in [-0.2, 0) is 11.3 Å². The number of ether oxygens (including phenoxy) is 1. The summed E-state index contributed by atoms with van der Waals surface area (Å²) in [7, 11) is 3.51. The third-order valence-corrected chi connectivity index (χ3v) is 3.79. The largest absolute Gasteiger partial charge is 0.497 e. The van der Waals surface area contributed by atoms with Gasteiger partial charge < -0.3 is 19.5 Å². The van der Waals surface area contributed by atoms with Crippen molar-refractivity contribution in [2.24, 2.45) is 0 Å². The summed E-state index contributed by atoms with van der Waals surface area (Å²) in [5, 5.41) is 6.85. The van der Waals surface area contributed by atoms with Crippen molar-refractivity contribution in [3.05, 3.63) is 60.5 Å². The van der Waals surface area contributed by atoms with E-state index in [1.54, 1.807) is 31.4 Å². The molecule has 0 aliphatic carbocycles. The van der Waals surface area contributed by atoms with Gasteiger partial charge in [-0.15, -0.1) is 0 Å². The number of nitrogens with zero attached hydrogens (tertiary/aromatic N) is 2. The van der Waals surface area contributed by atoms with E-state index in [0.29, 0.717) is 18.3 Å². The number of amides is 1. The molecule has 0 saturated carbocycles. The van der Waals surface area contributed by atoms with E-state index in [2.05, 4.69) is 15.5 Å². The Hall–Kier alpha value is -3.19. The monoisotopic (exact) mass is 353 g/mol. The minimum Gasteiger partial charge on any atom is -0.497 e. The number of hydrogen-bond acceptors (Lipinski definition) is 5. The van der Waals surface area contributed by atoms with Crippen LogP contribution in [0.3, 0.4) is 0 Å². The summed E-state index contributed by atoms with van der Waals surface area (Å²) in [6.45, 7) is 0.755. The number of benzene rings is 2. The second-order valence-corrected chi connectivity index (χ2v) is 5.97. The van der Waals surface area contributed by atoms with Crippen LogP contribution in [0.15, 0.2) is 59.1 Å². The first-order chi connectivity index (χ1) is 12.6. The molecule has 1 aromatic heterocycles. The molecule has 26 heavy (non-hydrogen) atoms. The van der Waals surface area contributed by atoms with Crippen LogP contribution in [0.5, 0.6) is 5.75 Å². The zero-order valence-corrected chi connectivity index (χ0v) is 14.7. The van der Waals surface area contributed by atoms with Gasteiger partial charge in [0, 0.05) is 11.3 Å². The van der Waals surface area contributed by atoms with Gasteiger partial charge >= 0.3 is 0 Å². The number of aromatic nitrogens is 2. The van der Waals surface area contributed by atoms with Crippen LogP contribution in [0.4, 0.5) is 5.69 Å². The van der Waals surface area contributed by atoms with Gasteiger partial charge in [-0.05, 0) is 24.3 Å². The number of rotatable bonds is 7. The van der Waals surface area contributed by atoms with Crippen LogP contribution >= 0.6 is 0 Å². The number of nitrogens with one attached hydrogen (secondary N) is 2. The Kier molecular flexibility index (Phi) is 5.60. The van der Waals surface area contributed by atoms with E-state index in [4.69, 9.17) is 9.26 Å². The van der Waals surface area contributed by atoms with Crippen LogP contribution in [-0.4, -0.2) is 36.8 Å². The quantitative estimate of drug-likeness (QED) is 0.671. The zero-order chi connectivity index (χ0) is 18.4. The molecule has 1 atom stereocenters. The SMILES string of the molecule is COc1ccc(NC(=O)C[NH+](C)Cc2nc(-c3ccccc3)no2)cc1. The van der Waals surface area contributed by atoms with Gasteiger partial charge in [0.1, 0.15) is 5.75 Å². The highest BCUT2D eigenvalue weighted by Gasteiger charge is 2.16. The first kappa shape index (κ1) is 17.6. The van der Waals surface area contributed by atoms with Crippen molar-refractivity contribution in [1.82, 2.24) is 10.1 Å². The fourth-order valence-corrected chi connectivity index (χ4v) is 2.51. The Balaban J connectivity index is 1.52. The first-order valence-electron chi connectivity index (χ1n) is 8.27. The topological polar surface area (TPSA) is 81.7 Å². The van der Waals surface area contributed by atoms with E-state index in [-0.39, 0.29) is 12.5 Å². The molecule has 7 nitrogen and oxygen atoms in total. The van der Waals surface area contributed by atoms with Gasteiger partial charge in [-0.3, -0.25) is 4.79 Å². The molecule has 1 heterocycles. The van der Waals surface area contributed by atoms with Gasteiger partial charge in [-0.2, -0.15) is 4.98 Å². The molecular weight excluding hydrogens is 332 g/mol. The summed E-state index contributed by atoms with van der Waals surface area (Å²) >= 11 is 0. The molecule has 0 saturated heterocycles. The van der Waals surface area contributed by atoms with Crippen LogP contribution in [0.2, 0.25) is 0 Å². The van der Waals surface area contributed by atoms with Crippen molar-refractivity contribution in [2.45, 2.75) is 6.54 Å². The van der Waals surface area contributed by atoms with Crippen molar-refractivity contribution < 1.29 is 19.0 Å². The molecule has 7 heteroatoms. The highest BCUT2D eigenvalue weighted by Crippen LogP contribution is 2.15. The molecule has 0 radical (unpaired) electrons. The van der Waals surface area contributed by atoms with Gasteiger partial charge in [0.25, 0.3) is 11.8 Å². The summed E-state index contributed by atoms with van der Waals surface area (Å²) in [5.74, 6) is 1.71. The molecule has 0 bridgehead atoms. The summed E-state index contributed by atoms with van der Waals surface area (Å²) < 4.78 is 10.4. The Morgan fingerprint density at radius 2 is 1.88 bits per heavy atom. The minimum atomic E-state index is -0.0875. The van der Waals surface area contributed by atoms with E-state index in [9.17, 15) is 4.79 Å². The number of likely N-dealkylation sites (N-methyl/N-ethyl adjacent to an activating group) is 1. The Bertz CT molecular complexity index is 847. The van der Waals surface area contributed by atoms with Crippen molar-refractivity contribution >= 4 is 11.6 Å². The van der Waals surface area contributed by atoms with Crippen LogP contribution < -0.4 is 15.0 Å². The van der Waals surface area contributed by atoms with E-state index in [1.165, 1.54) is 0 Å². The van der Waals surface area contributed by atoms with Crippen LogP contribution in [0.25, 0.3) is 11.4 Å². The second kappa shape index (κ2) is 8.26. The molecule has 3 rings (SSSR count). The normalized spacial score (nSPS) is 11.8. The fourth-order valence-electron chi connectivity index (χ4n) is 2.51. The highest BCUT2D eigenvalue weighted by molar-refractivity contribution is 5.91. The van der Waals surface area contributed by atoms with Crippen LogP contribution in [0, 0.1) is 0 Å². The molecule has 1 amide bonds. The Morgan fingerprint density at radius 1 is 1.15 bits per heavy atom. The van der Waals surface area contributed by atoms with Crippen molar-refractivity contribution in [3.63, 3.8) is 0 Å². The van der Waals surface area contributed by atoms with Crippen molar-refractivity contribution in [1.29, 1.82) is 0 Å². The maximum Gasteiger partial charge on any atom is 0.282 e. The molecule has 0 aliphatic heterocycles. The second-order valence-electron chi connectivity index (χ2n) is 5.97. The molecule has 2 aromatic carbocycles. The van der Waals surface area contributed by atoms with E-state index < -0.39 is 0 Å². The van der Waals surface area contributed by atoms with E-state index in [0.717, 1.165) is 21.9 Å². The molecule has 134 valence electrons. The minimum absolute atomic E-state index is 0.0875. The van der Waals surface area contributed by atoms with E-state index >= 15 is 0 Å². The van der Waals surface area contributed by atoms with Gasteiger partial charge in [0.15, 0.2) is 13.1 Å².